The SMILES string of the molecule is CC[C@@H](CO)NS(=O)(=O)c1cc(N)c(OC)cc1OC. The van der Waals surface area contributed by atoms with Crippen LogP contribution in [0, 0.1) is 0 Å². The molecule has 7 nitrogen and oxygen atoms in total. The highest BCUT2D eigenvalue weighted by Crippen LogP contribution is 2.33. The van der Waals surface area contributed by atoms with Crippen molar-refractivity contribution in [2.75, 3.05) is 26.6 Å². The van der Waals surface area contributed by atoms with E-state index < -0.39 is 16.1 Å². The molecule has 8 heteroatoms. The average Bonchev–Trinajstić information content (AvgIpc) is 2.44. The van der Waals surface area contributed by atoms with Gasteiger partial charge < -0.3 is 20.3 Å². The number of sulfonamides is 1. The first-order valence-corrected chi connectivity index (χ1v) is 7.52. The van der Waals surface area contributed by atoms with Gasteiger partial charge in [-0.15, -0.1) is 0 Å². The highest BCUT2D eigenvalue weighted by atomic mass is 32.2. The van der Waals surface area contributed by atoms with Crippen molar-refractivity contribution in [2.45, 2.75) is 24.3 Å². The van der Waals surface area contributed by atoms with E-state index >= 15 is 0 Å². The molecule has 0 aliphatic rings. The molecule has 0 radical (unpaired) electrons. The Bertz CT molecular complexity index is 555. The lowest BCUT2D eigenvalue weighted by Gasteiger charge is -2.17. The fraction of sp³-hybridized carbons (Fsp3) is 0.500. The molecule has 0 unspecified atom stereocenters. The molecule has 0 bridgehead atoms. The van der Waals surface area contributed by atoms with E-state index in [4.69, 9.17) is 20.3 Å². The van der Waals surface area contributed by atoms with Crippen LogP contribution in [0.1, 0.15) is 13.3 Å². The summed E-state index contributed by atoms with van der Waals surface area (Å²) >= 11 is 0. The van der Waals surface area contributed by atoms with Crippen LogP contribution in [-0.4, -0.2) is 40.4 Å². The van der Waals surface area contributed by atoms with Crippen molar-refractivity contribution in [1.29, 1.82) is 0 Å². The fourth-order valence-electron chi connectivity index (χ4n) is 1.64. The van der Waals surface area contributed by atoms with E-state index in [0.717, 1.165) is 0 Å². The predicted octanol–water partition coefficient (Wildman–Crippen LogP) is 0.335. The molecule has 0 saturated heterocycles. The Morgan fingerprint density at radius 3 is 2.35 bits per heavy atom. The molecule has 0 heterocycles. The van der Waals surface area contributed by atoms with Crippen LogP contribution in [0.2, 0.25) is 0 Å². The third-order valence-corrected chi connectivity index (χ3v) is 4.38. The topological polar surface area (TPSA) is 111 Å². The number of methoxy groups -OCH3 is 2. The lowest BCUT2D eigenvalue weighted by atomic mass is 10.3. The summed E-state index contributed by atoms with van der Waals surface area (Å²) in [6.07, 6.45) is 0.462. The van der Waals surface area contributed by atoms with Gasteiger partial charge in [0.05, 0.1) is 26.5 Å². The molecule has 0 aliphatic carbocycles. The van der Waals surface area contributed by atoms with Crippen molar-refractivity contribution in [3.8, 4) is 11.5 Å². The molecule has 1 aromatic rings. The summed E-state index contributed by atoms with van der Waals surface area (Å²) in [5.74, 6) is 0.450. The minimum atomic E-state index is -3.84. The molecule has 0 fully saturated rings. The van der Waals surface area contributed by atoms with Crippen LogP contribution in [0.5, 0.6) is 11.5 Å². The van der Waals surface area contributed by atoms with Gasteiger partial charge in [0.2, 0.25) is 10.0 Å². The number of benzene rings is 1. The monoisotopic (exact) mass is 304 g/mol. The molecule has 0 saturated carbocycles. The minimum Gasteiger partial charge on any atom is -0.495 e. The molecule has 0 aliphatic heterocycles. The van der Waals surface area contributed by atoms with Crippen LogP contribution in [0.4, 0.5) is 5.69 Å². The maximum Gasteiger partial charge on any atom is 0.244 e. The number of nitrogens with one attached hydrogen (secondary N) is 1. The zero-order chi connectivity index (χ0) is 15.3. The molecule has 0 amide bonds. The second kappa shape index (κ2) is 6.78. The van der Waals surface area contributed by atoms with E-state index in [0.29, 0.717) is 12.2 Å². The zero-order valence-corrected chi connectivity index (χ0v) is 12.5. The number of aliphatic hydroxyl groups is 1. The van der Waals surface area contributed by atoms with Gasteiger partial charge in [-0.1, -0.05) is 6.92 Å². The summed E-state index contributed by atoms with van der Waals surface area (Å²) in [4.78, 5) is -0.0924. The second-order valence-electron chi connectivity index (χ2n) is 4.15. The molecule has 114 valence electrons. The van der Waals surface area contributed by atoms with Crippen molar-refractivity contribution in [3.05, 3.63) is 12.1 Å². The Balaban J connectivity index is 3.27. The standard InChI is InChI=1S/C12H20N2O5S/c1-4-8(7-15)14-20(16,17)12-5-9(13)10(18-2)6-11(12)19-3/h5-6,8,14-15H,4,7,13H2,1-3H3/t8-/m0/s1. The number of hydrogen-bond acceptors (Lipinski definition) is 6. The van der Waals surface area contributed by atoms with E-state index in [1.54, 1.807) is 6.92 Å². The molecule has 20 heavy (non-hydrogen) atoms. The molecular weight excluding hydrogens is 284 g/mol. The number of ether oxygens (including phenoxy) is 2. The summed E-state index contributed by atoms with van der Waals surface area (Å²) < 4.78 is 37.1. The molecule has 1 rings (SSSR count). The zero-order valence-electron chi connectivity index (χ0n) is 11.7. The largest absolute Gasteiger partial charge is 0.495 e. The van der Waals surface area contributed by atoms with Gasteiger partial charge in [-0.25, -0.2) is 13.1 Å². The minimum absolute atomic E-state index is 0.0924. The molecule has 1 atom stereocenters. The van der Waals surface area contributed by atoms with Crippen molar-refractivity contribution >= 4 is 15.7 Å². The maximum atomic E-state index is 12.3. The van der Waals surface area contributed by atoms with Crippen LogP contribution in [0.3, 0.4) is 0 Å². The Labute approximate surface area is 118 Å². The van der Waals surface area contributed by atoms with E-state index in [1.165, 1.54) is 26.4 Å². The number of nitrogen functional groups attached to an aromatic ring is 1. The van der Waals surface area contributed by atoms with Gasteiger partial charge in [0, 0.05) is 12.1 Å². The van der Waals surface area contributed by atoms with Crippen LogP contribution in [0.15, 0.2) is 17.0 Å². The number of anilines is 1. The highest BCUT2D eigenvalue weighted by Gasteiger charge is 2.24. The van der Waals surface area contributed by atoms with E-state index in [-0.39, 0.29) is 22.9 Å². The first-order valence-electron chi connectivity index (χ1n) is 6.04. The Morgan fingerprint density at radius 1 is 1.30 bits per heavy atom. The summed E-state index contributed by atoms with van der Waals surface area (Å²) in [6, 6.07) is 2.11. The second-order valence-corrected chi connectivity index (χ2v) is 5.84. The Morgan fingerprint density at radius 2 is 1.90 bits per heavy atom. The van der Waals surface area contributed by atoms with Gasteiger partial charge in [-0.3, -0.25) is 0 Å². The highest BCUT2D eigenvalue weighted by molar-refractivity contribution is 7.89. The lowest BCUT2D eigenvalue weighted by Crippen LogP contribution is -2.37. The third-order valence-electron chi connectivity index (χ3n) is 2.84. The van der Waals surface area contributed by atoms with E-state index in [9.17, 15) is 8.42 Å². The maximum absolute atomic E-state index is 12.3. The molecule has 0 aromatic heterocycles. The fourth-order valence-corrected chi connectivity index (χ4v) is 3.13. The number of rotatable bonds is 7. The van der Waals surface area contributed by atoms with Gasteiger partial charge in [0.15, 0.2) is 0 Å². The summed E-state index contributed by atoms with van der Waals surface area (Å²) in [5.41, 5.74) is 5.91. The van der Waals surface area contributed by atoms with Crippen LogP contribution >= 0.6 is 0 Å². The third kappa shape index (κ3) is 3.53. The first kappa shape index (κ1) is 16.5. The van der Waals surface area contributed by atoms with Gasteiger partial charge in [0.25, 0.3) is 0 Å². The molecular formula is C12H20N2O5S. The lowest BCUT2D eigenvalue weighted by molar-refractivity contribution is 0.253. The summed E-state index contributed by atoms with van der Waals surface area (Å²) in [6.45, 7) is 1.48. The van der Waals surface area contributed by atoms with Crippen LogP contribution in [-0.2, 0) is 10.0 Å². The quantitative estimate of drug-likeness (QED) is 0.626. The Hall–Kier alpha value is -1.51. The van der Waals surface area contributed by atoms with Crippen molar-refractivity contribution in [1.82, 2.24) is 4.72 Å². The van der Waals surface area contributed by atoms with Crippen LogP contribution in [0.25, 0.3) is 0 Å². The number of aliphatic hydroxyl groups excluding tert-OH is 1. The average molecular weight is 304 g/mol. The van der Waals surface area contributed by atoms with Gasteiger partial charge in [0.1, 0.15) is 16.4 Å². The van der Waals surface area contributed by atoms with Crippen LogP contribution < -0.4 is 19.9 Å². The number of hydrogen-bond donors (Lipinski definition) is 3. The van der Waals surface area contributed by atoms with Gasteiger partial charge in [-0.2, -0.15) is 0 Å². The summed E-state index contributed by atoms with van der Waals surface area (Å²) in [7, 11) is -1.06. The van der Waals surface area contributed by atoms with Crippen molar-refractivity contribution in [3.63, 3.8) is 0 Å². The number of nitrogens with two attached hydrogens (primary N) is 1. The van der Waals surface area contributed by atoms with E-state index in [2.05, 4.69) is 4.72 Å². The summed E-state index contributed by atoms with van der Waals surface area (Å²) in [5, 5.41) is 9.10. The van der Waals surface area contributed by atoms with Gasteiger partial charge >= 0.3 is 0 Å². The normalized spacial score (nSPS) is 13.0. The molecule has 1 aromatic carbocycles. The predicted molar refractivity (Wildman–Crippen MR) is 75.4 cm³/mol. The van der Waals surface area contributed by atoms with Gasteiger partial charge in [-0.05, 0) is 12.5 Å². The first-order chi connectivity index (χ1) is 9.39. The molecule has 4 N–H and O–H groups in total. The Kier molecular flexibility index (Phi) is 5.61. The molecule has 0 spiro atoms. The van der Waals surface area contributed by atoms with Crippen molar-refractivity contribution in [2.24, 2.45) is 0 Å². The smallest absolute Gasteiger partial charge is 0.244 e. The van der Waals surface area contributed by atoms with E-state index in [1.807, 2.05) is 0 Å². The van der Waals surface area contributed by atoms with Crippen molar-refractivity contribution < 1.29 is 23.0 Å².